The SMILES string of the molecule is CCc1cccc(NC(=O)c2cc(Oc3cncc(Cl)c3)cn3ncnc23)n1. The van der Waals surface area contributed by atoms with Crippen LogP contribution in [0.5, 0.6) is 11.5 Å². The molecule has 4 aromatic rings. The van der Waals surface area contributed by atoms with Crippen LogP contribution in [0.4, 0.5) is 5.82 Å². The van der Waals surface area contributed by atoms with E-state index in [1.807, 2.05) is 19.1 Å². The van der Waals surface area contributed by atoms with E-state index in [1.54, 1.807) is 24.4 Å². The zero-order valence-corrected chi connectivity index (χ0v) is 15.6. The van der Waals surface area contributed by atoms with E-state index >= 15 is 0 Å². The first kappa shape index (κ1) is 17.9. The number of pyridine rings is 3. The Balaban J connectivity index is 1.67. The summed E-state index contributed by atoms with van der Waals surface area (Å²) in [5, 5.41) is 7.34. The molecule has 28 heavy (non-hydrogen) atoms. The third-order valence-corrected chi connectivity index (χ3v) is 4.13. The molecule has 0 saturated heterocycles. The number of hydrogen-bond donors (Lipinski definition) is 1. The summed E-state index contributed by atoms with van der Waals surface area (Å²) < 4.78 is 7.25. The summed E-state index contributed by atoms with van der Waals surface area (Å²) >= 11 is 5.94. The molecule has 4 aromatic heterocycles. The van der Waals surface area contributed by atoms with E-state index in [0.717, 1.165) is 12.1 Å². The van der Waals surface area contributed by atoms with Gasteiger partial charge in [0.25, 0.3) is 5.91 Å². The van der Waals surface area contributed by atoms with Crippen molar-refractivity contribution in [3.05, 3.63) is 71.5 Å². The molecule has 4 heterocycles. The lowest BCUT2D eigenvalue weighted by Crippen LogP contribution is -2.15. The molecular weight excluding hydrogens is 380 g/mol. The molecule has 1 N–H and O–H groups in total. The van der Waals surface area contributed by atoms with E-state index in [1.165, 1.54) is 23.2 Å². The minimum Gasteiger partial charge on any atom is -0.454 e. The van der Waals surface area contributed by atoms with Gasteiger partial charge in [-0.25, -0.2) is 14.5 Å². The fourth-order valence-electron chi connectivity index (χ4n) is 2.64. The first-order chi connectivity index (χ1) is 13.6. The molecule has 0 atom stereocenters. The summed E-state index contributed by atoms with van der Waals surface area (Å²) in [6, 6.07) is 8.69. The largest absolute Gasteiger partial charge is 0.454 e. The molecule has 0 spiro atoms. The second-order valence-corrected chi connectivity index (χ2v) is 6.32. The molecule has 0 aliphatic carbocycles. The average Bonchev–Trinajstić information content (AvgIpc) is 3.16. The fraction of sp³-hybridized carbons (Fsp3) is 0.105. The van der Waals surface area contributed by atoms with Crippen LogP contribution in [0, 0.1) is 0 Å². The summed E-state index contributed by atoms with van der Waals surface area (Å²) in [5.41, 5.74) is 1.59. The van der Waals surface area contributed by atoms with Crippen LogP contribution in [0.15, 0.2) is 55.2 Å². The molecule has 140 valence electrons. The first-order valence-corrected chi connectivity index (χ1v) is 8.89. The molecule has 0 aliphatic rings. The molecule has 8 nitrogen and oxygen atoms in total. The smallest absolute Gasteiger partial charge is 0.260 e. The number of hydrogen-bond acceptors (Lipinski definition) is 6. The van der Waals surface area contributed by atoms with Gasteiger partial charge in [0.05, 0.1) is 23.0 Å². The minimum absolute atomic E-state index is 0.300. The van der Waals surface area contributed by atoms with E-state index in [4.69, 9.17) is 16.3 Å². The molecule has 0 bridgehead atoms. The highest BCUT2D eigenvalue weighted by molar-refractivity contribution is 6.30. The molecule has 1 amide bonds. The number of rotatable bonds is 5. The molecular formula is C19H15ClN6O2. The van der Waals surface area contributed by atoms with Gasteiger partial charge in [-0.1, -0.05) is 24.6 Å². The number of nitrogens with one attached hydrogen (secondary N) is 1. The number of ether oxygens (including phenoxy) is 1. The van der Waals surface area contributed by atoms with Gasteiger partial charge in [0.15, 0.2) is 5.65 Å². The van der Waals surface area contributed by atoms with E-state index < -0.39 is 0 Å². The van der Waals surface area contributed by atoms with Crippen molar-refractivity contribution in [1.82, 2.24) is 24.6 Å². The van der Waals surface area contributed by atoms with Crippen LogP contribution in [0.1, 0.15) is 23.0 Å². The van der Waals surface area contributed by atoms with Crippen LogP contribution in [0.2, 0.25) is 5.02 Å². The number of halogens is 1. The Bertz CT molecular complexity index is 1160. The van der Waals surface area contributed by atoms with Crippen molar-refractivity contribution < 1.29 is 9.53 Å². The van der Waals surface area contributed by atoms with Crippen molar-refractivity contribution in [3.63, 3.8) is 0 Å². The molecule has 9 heteroatoms. The molecule has 0 fully saturated rings. The fourth-order valence-corrected chi connectivity index (χ4v) is 2.80. The summed E-state index contributed by atoms with van der Waals surface area (Å²) in [6.45, 7) is 2.00. The molecule has 0 aliphatic heterocycles. The second-order valence-electron chi connectivity index (χ2n) is 5.88. The van der Waals surface area contributed by atoms with Gasteiger partial charge in [0, 0.05) is 18.0 Å². The van der Waals surface area contributed by atoms with Crippen molar-refractivity contribution in [2.24, 2.45) is 0 Å². The van der Waals surface area contributed by atoms with Crippen LogP contribution in [-0.2, 0) is 6.42 Å². The number of aryl methyl sites for hydroxylation is 1. The number of amides is 1. The maximum atomic E-state index is 12.9. The van der Waals surface area contributed by atoms with Crippen LogP contribution >= 0.6 is 11.6 Å². The standard InChI is InChI=1S/C19H15ClN6O2/c1-2-13-4-3-5-17(24-13)25-19(27)16-7-15(10-26-18(16)22-11-23-26)28-14-6-12(20)8-21-9-14/h3-11H,2H2,1H3,(H,24,25,27). The Morgan fingerprint density at radius 1 is 1.25 bits per heavy atom. The summed E-state index contributed by atoms with van der Waals surface area (Å²) in [4.78, 5) is 25.4. The topological polar surface area (TPSA) is 94.3 Å². The predicted molar refractivity (Wildman–Crippen MR) is 104 cm³/mol. The number of nitrogens with zero attached hydrogens (tertiary/aromatic N) is 5. The van der Waals surface area contributed by atoms with Crippen molar-refractivity contribution >= 4 is 29.0 Å². The lowest BCUT2D eigenvalue weighted by molar-refractivity contribution is 0.102. The first-order valence-electron chi connectivity index (χ1n) is 8.51. The van der Waals surface area contributed by atoms with Gasteiger partial charge < -0.3 is 10.1 Å². The van der Waals surface area contributed by atoms with Gasteiger partial charge in [-0.15, -0.1) is 0 Å². The van der Waals surface area contributed by atoms with Gasteiger partial charge in [0.2, 0.25) is 0 Å². The minimum atomic E-state index is -0.367. The van der Waals surface area contributed by atoms with Gasteiger partial charge in [-0.2, -0.15) is 5.10 Å². The summed E-state index contributed by atoms with van der Waals surface area (Å²) in [7, 11) is 0. The summed E-state index contributed by atoms with van der Waals surface area (Å²) in [5.74, 6) is 0.930. The third kappa shape index (κ3) is 3.77. The number of fused-ring (bicyclic) bond motifs is 1. The Hall–Kier alpha value is -3.52. The Kier molecular flexibility index (Phi) is 4.86. The highest BCUT2D eigenvalue weighted by Gasteiger charge is 2.16. The zero-order chi connectivity index (χ0) is 19.5. The number of aromatic nitrogens is 5. The van der Waals surface area contributed by atoms with E-state index in [2.05, 4.69) is 25.4 Å². The van der Waals surface area contributed by atoms with E-state index in [9.17, 15) is 4.79 Å². The molecule has 0 radical (unpaired) electrons. The van der Waals surface area contributed by atoms with Crippen LogP contribution < -0.4 is 10.1 Å². The molecule has 0 aromatic carbocycles. The maximum Gasteiger partial charge on any atom is 0.260 e. The average molecular weight is 395 g/mol. The third-order valence-electron chi connectivity index (χ3n) is 3.92. The van der Waals surface area contributed by atoms with Gasteiger partial charge in [-0.3, -0.25) is 9.78 Å². The highest BCUT2D eigenvalue weighted by Crippen LogP contribution is 2.25. The van der Waals surface area contributed by atoms with Crippen molar-refractivity contribution in [3.8, 4) is 11.5 Å². The van der Waals surface area contributed by atoms with Crippen LogP contribution in [0.25, 0.3) is 5.65 Å². The number of anilines is 1. The lowest BCUT2D eigenvalue weighted by Gasteiger charge is -2.10. The van der Waals surface area contributed by atoms with Gasteiger partial charge in [0.1, 0.15) is 23.6 Å². The number of carbonyl (C=O) groups is 1. The lowest BCUT2D eigenvalue weighted by atomic mass is 10.2. The van der Waals surface area contributed by atoms with Gasteiger partial charge >= 0.3 is 0 Å². The van der Waals surface area contributed by atoms with Crippen molar-refractivity contribution in [2.75, 3.05) is 5.32 Å². The monoisotopic (exact) mass is 394 g/mol. The van der Waals surface area contributed by atoms with E-state index in [0.29, 0.717) is 33.6 Å². The second kappa shape index (κ2) is 7.61. The van der Waals surface area contributed by atoms with Crippen molar-refractivity contribution in [2.45, 2.75) is 13.3 Å². The highest BCUT2D eigenvalue weighted by atomic mass is 35.5. The number of carbonyl (C=O) groups excluding carboxylic acids is 1. The molecule has 4 rings (SSSR count). The molecule has 0 unspecified atom stereocenters. The quantitative estimate of drug-likeness (QED) is 0.553. The van der Waals surface area contributed by atoms with Gasteiger partial charge in [-0.05, 0) is 24.6 Å². The molecule has 0 saturated carbocycles. The normalized spacial score (nSPS) is 10.8. The Labute approximate surface area is 165 Å². The van der Waals surface area contributed by atoms with Crippen molar-refractivity contribution in [1.29, 1.82) is 0 Å². The van der Waals surface area contributed by atoms with E-state index in [-0.39, 0.29) is 5.91 Å². The van der Waals surface area contributed by atoms with Crippen LogP contribution in [0.3, 0.4) is 0 Å². The maximum absolute atomic E-state index is 12.9. The van der Waals surface area contributed by atoms with Crippen LogP contribution in [-0.4, -0.2) is 30.5 Å². The summed E-state index contributed by atoms with van der Waals surface area (Å²) in [6.07, 6.45) is 6.79. The predicted octanol–water partition coefficient (Wildman–Crippen LogP) is 3.78. The zero-order valence-electron chi connectivity index (χ0n) is 14.8. The Morgan fingerprint density at radius 3 is 2.96 bits per heavy atom. The Morgan fingerprint density at radius 2 is 2.14 bits per heavy atom.